The number of aryl methyl sites for hydroxylation is 1. The van der Waals surface area contributed by atoms with Crippen molar-refractivity contribution in [2.75, 3.05) is 0 Å². The number of nitrogens with zero attached hydrogens (tertiary/aromatic N) is 2. The van der Waals surface area contributed by atoms with E-state index in [1.165, 1.54) is 0 Å². The minimum atomic E-state index is -0.813. The van der Waals surface area contributed by atoms with Crippen molar-refractivity contribution < 1.29 is 9.90 Å². The molecule has 4 heteroatoms. The van der Waals surface area contributed by atoms with Gasteiger partial charge in [-0.15, -0.1) is 0 Å². The minimum Gasteiger partial charge on any atom is -0.481 e. The molecule has 0 saturated carbocycles. The van der Waals surface area contributed by atoms with Gasteiger partial charge in [0.2, 0.25) is 0 Å². The summed E-state index contributed by atoms with van der Waals surface area (Å²) in [6, 6.07) is 5.57. The molecule has 1 heterocycles. The fourth-order valence-corrected chi connectivity index (χ4v) is 1.63. The lowest BCUT2D eigenvalue weighted by Crippen LogP contribution is -1.99. The molecule has 0 spiro atoms. The van der Waals surface area contributed by atoms with Crippen LogP contribution in [0, 0.1) is 0 Å². The third-order valence-corrected chi connectivity index (χ3v) is 2.35. The second kappa shape index (κ2) is 3.73. The molecule has 0 aliphatic carbocycles. The maximum atomic E-state index is 10.7. The van der Waals surface area contributed by atoms with Crippen molar-refractivity contribution in [3.05, 3.63) is 30.0 Å². The van der Waals surface area contributed by atoms with Gasteiger partial charge in [0.05, 0.1) is 11.9 Å². The molecule has 0 atom stereocenters. The van der Waals surface area contributed by atoms with Crippen LogP contribution in [0.3, 0.4) is 0 Å². The molecule has 1 aromatic heterocycles. The molecule has 0 aliphatic rings. The Balaban J connectivity index is 2.54. The van der Waals surface area contributed by atoms with E-state index in [0.717, 1.165) is 23.0 Å². The van der Waals surface area contributed by atoms with Crippen LogP contribution in [0.5, 0.6) is 0 Å². The lowest BCUT2D eigenvalue weighted by atomic mass is 10.1. The molecule has 0 radical (unpaired) electrons. The first kappa shape index (κ1) is 9.71. The van der Waals surface area contributed by atoms with Gasteiger partial charge in [0.1, 0.15) is 0 Å². The van der Waals surface area contributed by atoms with E-state index in [0.29, 0.717) is 0 Å². The first-order valence-corrected chi connectivity index (χ1v) is 4.87. The molecule has 0 fully saturated rings. The number of hydrogen-bond acceptors (Lipinski definition) is 2. The van der Waals surface area contributed by atoms with E-state index in [2.05, 4.69) is 5.10 Å². The van der Waals surface area contributed by atoms with E-state index < -0.39 is 5.97 Å². The maximum absolute atomic E-state index is 10.7. The number of aliphatic carboxylic acids is 1. The van der Waals surface area contributed by atoms with Crippen molar-refractivity contribution in [2.24, 2.45) is 0 Å². The zero-order valence-corrected chi connectivity index (χ0v) is 8.47. The monoisotopic (exact) mass is 204 g/mol. The number of carbonyl (C=O) groups is 1. The first-order valence-electron chi connectivity index (χ1n) is 4.87. The fourth-order valence-electron chi connectivity index (χ4n) is 1.63. The van der Waals surface area contributed by atoms with E-state index in [4.69, 9.17) is 5.11 Å². The molecule has 0 aliphatic heterocycles. The Kier molecular flexibility index (Phi) is 2.41. The van der Waals surface area contributed by atoms with Crippen LogP contribution in [-0.4, -0.2) is 20.9 Å². The largest absolute Gasteiger partial charge is 0.481 e. The molecule has 0 amide bonds. The van der Waals surface area contributed by atoms with Crippen molar-refractivity contribution in [3.8, 4) is 0 Å². The Morgan fingerprint density at radius 1 is 1.53 bits per heavy atom. The summed E-state index contributed by atoms with van der Waals surface area (Å²) in [5.41, 5.74) is 1.68. The van der Waals surface area contributed by atoms with Crippen molar-refractivity contribution >= 4 is 16.9 Å². The summed E-state index contributed by atoms with van der Waals surface area (Å²) in [7, 11) is 0. The van der Waals surface area contributed by atoms with Crippen LogP contribution in [0.2, 0.25) is 0 Å². The van der Waals surface area contributed by atoms with Gasteiger partial charge in [0.15, 0.2) is 0 Å². The van der Waals surface area contributed by atoms with Gasteiger partial charge in [-0.05, 0) is 18.6 Å². The number of benzene rings is 1. The Hall–Kier alpha value is -1.84. The zero-order chi connectivity index (χ0) is 10.8. The van der Waals surface area contributed by atoms with E-state index >= 15 is 0 Å². The van der Waals surface area contributed by atoms with Crippen molar-refractivity contribution in [1.29, 1.82) is 0 Å². The number of carboxylic acids is 1. The van der Waals surface area contributed by atoms with Crippen molar-refractivity contribution in [2.45, 2.75) is 19.9 Å². The number of aromatic nitrogens is 2. The third-order valence-electron chi connectivity index (χ3n) is 2.35. The highest BCUT2D eigenvalue weighted by Gasteiger charge is 2.07. The highest BCUT2D eigenvalue weighted by molar-refractivity contribution is 5.85. The highest BCUT2D eigenvalue weighted by Crippen LogP contribution is 2.17. The van der Waals surface area contributed by atoms with E-state index in [1.807, 2.05) is 36.0 Å². The molecular weight excluding hydrogens is 192 g/mol. The maximum Gasteiger partial charge on any atom is 0.307 e. The van der Waals surface area contributed by atoms with Gasteiger partial charge in [0.25, 0.3) is 0 Å². The first-order chi connectivity index (χ1) is 7.20. The van der Waals surface area contributed by atoms with E-state index in [-0.39, 0.29) is 6.42 Å². The number of carboxylic acid groups (broad SMARTS) is 1. The molecule has 78 valence electrons. The normalized spacial score (nSPS) is 10.7. The topological polar surface area (TPSA) is 55.1 Å². The van der Waals surface area contributed by atoms with Crippen molar-refractivity contribution in [1.82, 2.24) is 9.78 Å². The summed E-state index contributed by atoms with van der Waals surface area (Å²) < 4.78 is 1.82. The molecule has 2 rings (SSSR count). The predicted molar refractivity (Wildman–Crippen MR) is 56.7 cm³/mol. The minimum absolute atomic E-state index is 0.0484. The Labute approximate surface area is 87.1 Å². The highest BCUT2D eigenvalue weighted by atomic mass is 16.4. The van der Waals surface area contributed by atoms with Crippen LogP contribution in [0.1, 0.15) is 12.5 Å². The van der Waals surface area contributed by atoms with E-state index in [1.54, 1.807) is 0 Å². The molecule has 2 aromatic rings. The number of hydrogen-bond donors (Lipinski definition) is 1. The van der Waals surface area contributed by atoms with Crippen LogP contribution < -0.4 is 0 Å². The van der Waals surface area contributed by atoms with Gasteiger partial charge in [0, 0.05) is 18.1 Å². The molecule has 0 bridgehead atoms. The SMILES string of the molecule is CCn1cc2c(CC(=O)O)cccc2n1. The van der Waals surface area contributed by atoms with Crippen LogP contribution in [0.4, 0.5) is 0 Å². The van der Waals surface area contributed by atoms with Crippen molar-refractivity contribution in [3.63, 3.8) is 0 Å². The summed E-state index contributed by atoms with van der Waals surface area (Å²) in [6.07, 6.45) is 1.94. The smallest absolute Gasteiger partial charge is 0.307 e. The predicted octanol–water partition coefficient (Wildman–Crippen LogP) is 1.68. The van der Waals surface area contributed by atoms with Crippen LogP contribution in [0.25, 0.3) is 10.9 Å². The fraction of sp³-hybridized carbons (Fsp3) is 0.273. The molecule has 15 heavy (non-hydrogen) atoms. The van der Waals surface area contributed by atoms with Crippen LogP contribution in [-0.2, 0) is 17.8 Å². The molecule has 1 N–H and O–H groups in total. The average Bonchev–Trinajstić information content (AvgIpc) is 2.61. The van der Waals surface area contributed by atoms with E-state index in [9.17, 15) is 4.79 Å². The average molecular weight is 204 g/mol. The van der Waals surface area contributed by atoms with Gasteiger partial charge >= 0.3 is 5.97 Å². The standard InChI is InChI=1S/C11H12N2O2/c1-2-13-7-9-8(6-11(14)15)4-3-5-10(9)12-13/h3-5,7H,2,6H2,1H3,(H,14,15). The summed E-state index contributed by atoms with van der Waals surface area (Å²) in [6.45, 7) is 2.80. The second-order valence-corrected chi connectivity index (χ2v) is 3.41. The van der Waals surface area contributed by atoms with Gasteiger partial charge < -0.3 is 5.11 Å². The zero-order valence-electron chi connectivity index (χ0n) is 8.47. The summed E-state index contributed by atoms with van der Waals surface area (Å²) in [5, 5.41) is 14.0. The molecule has 0 saturated heterocycles. The summed E-state index contributed by atoms with van der Waals surface area (Å²) in [4.78, 5) is 10.7. The Morgan fingerprint density at radius 3 is 3.00 bits per heavy atom. The lowest BCUT2D eigenvalue weighted by molar-refractivity contribution is -0.136. The number of fused-ring (bicyclic) bond motifs is 1. The van der Waals surface area contributed by atoms with Gasteiger partial charge in [-0.25, -0.2) is 0 Å². The second-order valence-electron chi connectivity index (χ2n) is 3.41. The Bertz CT molecular complexity index is 502. The molecule has 4 nitrogen and oxygen atoms in total. The molecule has 1 aromatic carbocycles. The van der Waals surface area contributed by atoms with Gasteiger partial charge in [-0.3, -0.25) is 9.48 Å². The Morgan fingerprint density at radius 2 is 2.33 bits per heavy atom. The lowest BCUT2D eigenvalue weighted by Gasteiger charge is -1.97. The van der Waals surface area contributed by atoms with Gasteiger partial charge in [-0.1, -0.05) is 12.1 Å². The van der Waals surface area contributed by atoms with Crippen LogP contribution >= 0.6 is 0 Å². The summed E-state index contributed by atoms with van der Waals surface area (Å²) in [5.74, 6) is -0.813. The third kappa shape index (κ3) is 1.83. The van der Waals surface area contributed by atoms with Gasteiger partial charge in [-0.2, -0.15) is 5.10 Å². The molecular formula is C11H12N2O2. The summed E-state index contributed by atoms with van der Waals surface area (Å²) >= 11 is 0. The number of rotatable bonds is 3. The van der Waals surface area contributed by atoms with Crippen LogP contribution in [0.15, 0.2) is 24.4 Å². The molecule has 0 unspecified atom stereocenters. The quantitative estimate of drug-likeness (QED) is 0.827.